The summed E-state index contributed by atoms with van der Waals surface area (Å²) in [7, 11) is 1.56. The molecule has 6 heteroatoms. The number of methoxy groups -OCH3 is 1. The second-order valence-electron chi connectivity index (χ2n) is 4.72. The first kappa shape index (κ1) is 14.7. The molecule has 1 aliphatic heterocycles. The Balaban J connectivity index is 2.24. The number of hydrogen-bond donors (Lipinski definition) is 1. The van der Waals surface area contributed by atoms with Gasteiger partial charge in [-0.05, 0) is 19.1 Å². The minimum Gasteiger partial charge on any atom is -0.496 e. The minimum atomic E-state index is -0.515. The Bertz CT molecular complexity index is 533. The van der Waals surface area contributed by atoms with E-state index in [1.807, 2.05) is 0 Å². The van der Waals surface area contributed by atoms with E-state index in [1.54, 1.807) is 37.1 Å². The van der Waals surface area contributed by atoms with Crippen LogP contribution in [0.2, 0.25) is 5.02 Å². The lowest BCUT2D eigenvalue weighted by molar-refractivity contribution is -0.133. The van der Waals surface area contributed by atoms with Crippen molar-refractivity contribution in [3.05, 3.63) is 28.8 Å². The molecule has 108 valence electrons. The van der Waals surface area contributed by atoms with Crippen LogP contribution in [0.4, 0.5) is 0 Å². The van der Waals surface area contributed by atoms with Gasteiger partial charge < -0.3 is 15.0 Å². The zero-order chi connectivity index (χ0) is 14.7. The molecule has 0 aromatic heterocycles. The van der Waals surface area contributed by atoms with Gasteiger partial charge >= 0.3 is 0 Å². The molecule has 2 rings (SSSR count). The molecule has 1 aliphatic rings. The molecule has 1 N–H and O–H groups in total. The zero-order valence-electron chi connectivity index (χ0n) is 11.5. The van der Waals surface area contributed by atoms with Crippen LogP contribution in [0.5, 0.6) is 5.75 Å². The van der Waals surface area contributed by atoms with E-state index in [0.29, 0.717) is 30.3 Å². The Labute approximate surface area is 122 Å². The summed E-state index contributed by atoms with van der Waals surface area (Å²) in [5.41, 5.74) is 0.756. The zero-order valence-corrected chi connectivity index (χ0v) is 12.2. The molecule has 20 heavy (non-hydrogen) atoms. The third-order valence-electron chi connectivity index (χ3n) is 3.31. The number of hydrogen-bond acceptors (Lipinski definition) is 3. The fraction of sp³-hybridized carbons (Fsp3) is 0.429. The van der Waals surface area contributed by atoms with Gasteiger partial charge in [0.25, 0.3) is 0 Å². The number of ether oxygens (including phenoxy) is 1. The molecular formula is C14H17ClN2O3. The average molecular weight is 297 g/mol. The molecule has 1 unspecified atom stereocenters. The molecule has 2 amide bonds. The molecule has 0 radical (unpaired) electrons. The maximum absolute atomic E-state index is 12.2. The first-order valence-corrected chi connectivity index (χ1v) is 6.80. The van der Waals surface area contributed by atoms with E-state index in [4.69, 9.17) is 16.3 Å². The van der Waals surface area contributed by atoms with Crippen molar-refractivity contribution in [2.24, 2.45) is 0 Å². The molecule has 1 heterocycles. The van der Waals surface area contributed by atoms with Gasteiger partial charge in [-0.25, -0.2) is 0 Å². The summed E-state index contributed by atoms with van der Waals surface area (Å²) in [6.07, 6.45) is 0.294. The van der Waals surface area contributed by atoms with Crippen LogP contribution in [0.15, 0.2) is 18.2 Å². The van der Waals surface area contributed by atoms with Crippen LogP contribution >= 0.6 is 11.6 Å². The van der Waals surface area contributed by atoms with Crippen molar-refractivity contribution in [2.75, 3.05) is 13.7 Å². The second kappa shape index (κ2) is 6.13. The van der Waals surface area contributed by atoms with Crippen LogP contribution in [0.1, 0.15) is 18.9 Å². The van der Waals surface area contributed by atoms with Gasteiger partial charge in [0, 0.05) is 23.6 Å². The van der Waals surface area contributed by atoms with Gasteiger partial charge in [-0.15, -0.1) is 0 Å². The molecule has 1 saturated heterocycles. The molecule has 1 aromatic rings. The van der Waals surface area contributed by atoms with Gasteiger partial charge in [0.15, 0.2) is 0 Å². The van der Waals surface area contributed by atoms with Gasteiger partial charge in [0.1, 0.15) is 11.8 Å². The first-order chi connectivity index (χ1) is 9.52. The van der Waals surface area contributed by atoms with E-state index < -0.39 is 6.04 Å². The van der Waals surface area contributed by atoms with Crippen LogP contribution in [0, 0.1) is 0 Å². The van der Waals surface area contributed by atoms with Crippen molar-refractivity contribution in [1.29, 1.82) is 0 Å². The van der Waals surface area contributed by atoms with Gasteiger partial charge in [-0.3, -0.25) is 9.59 Å². The summed E-state index contributed by atoms with van der Waals surface area (Å²) in [5.74, 6) is 0.416. The highest BCUT2D eigenvalue weighted by molar-refractivity contribution is 6.31. The largest absolute Gasteiger partial charge is 0.496 e. The van der Waals surface area contributed by atoms with Crippen molar-refractivity contribution >= 4 is 23.4 Å². The van der Waals surface area contributed by atoms with Gasteiger partial charge in [-0.2, -0.15) is 0 Å². The smallest absolute Gasteiger partial charge is 0.245 e. The molecule has 0 saturated carbocycles. The molecular weight excluding hydrogens is 280 g/mol. The van der Waals surface area contributed by atoms with E-state index in [9.17, 15) is 9.59 Å². The third kappa shape index (κ3) is 3.04. The summed E-state index contributed by atoms with van der Waals surface area (Å²) >= 11 is 6.18. The Morgan fingerprint density at radius 1 is 1.45 bits per heavy atom. The van der Waals surface area contributed by atoms with Crippen molar-refractivity contribution in [2.45, 2.75) is 25.9 Å². The van der Waals surface area contributed by atoms with Crippen molar-refractivity contribution in [3.63, 3.8) is 0 Å². The van der Waals surface area contributed by atoms with Crippen LogP contribution in [0.25, 0.3) is 0 Å². The summed E-state index contributed by atoms with van der Waals surface area (Å²) in [5, 5.41) is 3.21. The normalized spacial score (nSPS) is 19.6. The van der Waals surface area contributed by atoms with Gasteiger partial charge in [0.2, 0.25) is 11.8 Å². The molecule has 0 aliphatic carbocycles. The fourth-order valence-corrected chi connectivity index (χ4v) is 2.45. The van der Waals surface area contributed by atoms with Crippen LogP contribution in [-0.4, -0.2) is 36.4 Å². The molecule has 5 nitrogen and oxygen atoms in total. The monoisotopic (exact) mass is 296 g/mol. The summed E-state index contributed by atoms with van der Waals surface area (Å²) in [6, 6.07) is 4.84. The number of benzene rings is 1. The van der Waals surface area contributed by atoms with Crippen molar-refractivity contribution in [1.82, 2.24) is 10.2 Å². The summed E-state index contributed by atoms with van der Waals surface area (Å²) in [6.45, 7) is 2.40. The van der Waals surface area contributed by atoms with Gasteiger partial charge in [0.05, 0.1) is 13.7 Å². The quantitative estimate of drug-likeness (QED) is 0.921. The van der Waals surface area contributed by atoms with Crippen LogP contribution in [0.3, 0.4) is 0 Å². The lowest BCUT2D eigenvalue weighted by atomic mass is 10.1. The average Bonchev–Trinajstić information content (AvgIpc) is 2.54. The number of carbonyl (C=O) groups is 2. The number of carbonyl (C=O) groups excluding carboxylic acids is 2. The van der Waals surface area contributed by atoms with E-state index >= 15 is 0 Å². The number of amides is 2. The Morgan fingerprint density at radius 3 is 2.90 bits per heavy atom. The molecule has 1 aromatic carbocycles. The summed E-state index contributed by atoms with van der Waals surface area (Å²) < 4.78 is 5.28. The predicted molar refractivity (Wildman–Crippen MR) is 75.6 cm³/mol. The Hall–Kier alpha value is -1.75. The fourth-order valence-electron chi connectivity index (χ4n) is 2.23. The summed E-state index contributed by atoms with van der Waals surface area (Å²) in [4.78, 5) is 25.4. The Kier molecular flexibility index (Phi) is 4.49. The lowest BCUT2D eigenvalue weighted by Crippen LogP contribution is -2.42. The maximum Gasteiger partial charge on any atom is 0.245 e. The number of rotatable bonds is 3. The van der Waals surface area contributed by atoms with Crippen molar-refractivity contribution < 1.29 is 14.3 Å². The highest BCUT2D eigenvalue weighted by Gasteiger charge is 2.27. The third-order valence-corrected chi connectivity index (χ3v) is 3.67. The van der Waals surface area contributed by atoms with Crippen LogP contribution < -0.4 is 10.1 Å². The standard InChI is InChI=1S/C14H17ClN2O3/c1-9-14(19)17(7-6-13(18)16-9)8-10-11(15)4-3-5-12(10)20-2/h3-5,9H,6-8H2,1-2H3,(H,16,18). The highest BCUT2D eigenvalue weighted by atomic mass is 35.5. The van der Waals surface area contributed by atoms with Crippen LogP contribution in [-0.2, 0) is 16.1 Å². The highest BCUT2D eigenvalue weighted by Crippen LogP contribution is 2.28. The molecule has 0 spiro atoms. The second-order valence-corrected chi connectivity index (χ2v) is 5.13. The predicted octanol–water partition coefficient (Wildman–Crippen LogP) is 1.59. The van der Waals surface area contributed by atoms with E-state index in [-0.39, 0.29) is 11.8 Å². The first-order valence-electron chi connectivity index (χ1n) is 6.42. The lowest BCUT2D eigenvalue weighted by Gasteiger charge is -2.23. The SMILES string of the molecule is COc1cccc(Cl)c1CN1CCC(=O)NC(C)C1=O. The van der Waals surface area contributed by atoms with Gasteiger partial charge in [-0.1, -0.05) is 17.7 Å². The molecule has 0 bridgehead atoms. The topological polar surface area (TPSA) is 58.6 Å². The van der Waals surface area contributed by atoms with Crippen molar-refractivity contribution in [3.8, 4) is 5.75 Å². The Morgan fingerprint density at radius 2 is 2.20 bits per heavy atom. The minimum absolute atomic E-state index is 0.112. The van der Waals surface area contributed by atoms with E-state index in [2.05, 4.69) is 5.32 Å². The number of nitrogens with one attached hydrogen (secondary N) is 1. The maximum atomic E-state index is 12.2. The number of nitrogens with zero attached hydrogens (tertiary/aromatic N) is 1. The molecule has 1 fully saturated rings. The van der Waals surface area contributed by atoms with E-state index in [0.717, 1.165) is 5.56 Å². The molecule has 1 atom stereocenters. The number of halogens is 1. The van der Waals surface area contributed by atoms with E-state index in [1.165, 1.54) is 0 Å².